The van der Waals surface area contributed by atoms with E-state index in [1.165, 1.54) is 31.0 Å². The van der Waals surface area contributed by atoms with Crippen molar-refractivity contribution in [3.63, 3.8) is 0 Å². The van der Waals surface area contributed by atoms with Crippen LogP contribution < -0.4 is 9.46 Å². The number of rotatable bonds is 6. The Morgan fingerprint density at radius 2 is 1.93 bits per heavy atom. The normalized spacial score (nSPS) is 11.2. The van der Waals surface area contributed by atoms with Gasteiger partial charge in [-0.1, -0.05) is 41.1 Å². The first kappa shape index (κ1) is 22.1. The highest BCUT2D eigenvalue weighted by Gasteiger charge is 2.16. The van der Waals surface area contributed by atoms with Gasteiger partial charge in [-0.3, -0.25) is 4.79 Å². The quantitative estimate of drug-likeness (QED) is 0.578. The van der Waals surface area contributed by atoms with Crippen LogP contribution in [0.5, 0.6) is 5.75 Å². The zero-order valence-electron chi connectivity index (χ0n) is 16.5. The van der Waals surface area contributed by atoms with E-state index in [9.17, 15) is 13.2 Å². The number of carbonyl (C=O) groups is 1. The van der Waals surface area contributed by atoms with Crippen LogP contribution in [0.25, 0.3) is 11.1 Å². The van der Waals surface area contributed by atoms with E-state index in [0.717, 1.165) is 16.7 Å². The minimum atomic E-state index is -3.66. The first-order valence-electron chi connectivity index (χ1n) is 8.77. The number of methoxy groups -OCH3 is 1. The third kappa shape index (κ3) is 5.53. The molecule has 0 spiro atoms. The molecule has 1 aromatic heterocycles. The number of hydrogen-bond donors (Lipinski definition) is 1. The predicted molar refractivity (Wildman–Crippen MR) is 119 cm³/mol. The molecular weight excluding hydrogens is 444 g/mol. The Morgan fingerprint density at radius 1 is 1.17 bits per heavy atom. The molecule has 0 radical (unpaired) electrons. The largest absolute Gasteiger partial charge is 0.496 e. The zero-order chi connectivity index (χ0) is 21.9. The lowest BCUT2D eigenvalue weighted by Gasteiger charge is -2.12. The molecule has 9 heteroatoms. The van der Waals surface area contributed by atoms with Gasteiger partial charge in [-0.15, -0.1) is 0 Å². The summed E-state index contributed by atoms with van der Waals surface area (Å²) in [6, 6.07) is 14.5. The highest BCUT2D eigenvalue weighted by molar-refractivity contribution is 7.99. The van der Waals surface area contributed by atoms with Gasteiger partial charge in [0.25, 0.3) is 5.91 Å². The number of hydrogen-bond acceptors (Lipinski definition) is 6. The van der Waals surface area contributed by atoms with Gasteiger partial charge in [-0.05, 0) is 43.3 Å². The summed E-state index contributed by atoms with van der Waals surface area (Å²) in [7, 11) is -2.20. The summed E-state index contributed by atoms with van der Waals surface area (Å²) in [5.74, 6) is -0.337. The molecule has 30 heavy (non-hydrogen) atoms. The summed E-state index contributed by atoms with van der Waals surface area (Å²) in [5, 5.41) is 1.16. The van der Waals surface area contributed by atoms with Crippen LogP contribution in [-0.4, -0.2) is 32.7 Å². The predicted octanol–water partition coefficient (Wildman–Crippen LogP) is 4.56. The number of benzene rings is 2. The molecule has 0 saturated carbocycles. The number of pyridine rings is 1. The smallest absolute Gasteiger partial charge is 0.264 e. The van der Waals surface area contributed by atoms with Gasteiger partial charge in [0.05, 0.1) is 18.4 Å². The van der Waals surface area contributed by atoms with E-state index in [1.54, 1.807) is 18.3 Å². The maximum absolute atomic E-state index is 12.1. The van der Waals surface area contributed by atoms with Crippen molar-refractivity contribution in [2.24, 2.45) is 0 Å². The lowest BCUT2D eigenvalue weighted by molar-refractivity contribution is 0.0981. The van der Waals surface area contributed by atoms with Crippen LogP contribution >= 0.6 is 23.4 Å². The van der Waals surface area contributed by atoms with Crippen molar-refractivity contribution in [3.8, 4) is 16.9 Å². The Kier molecular flexibility index (Phi) is 6.70. The van der Waals surface area contributed by atoms with Crippen molar-refractivity contribution in [2.75, 3.05) is 13.4 Å². The topological polar surface area (TPSA) is 85.4 Å². The summed E-state index contributed by atoms with van der Waals surface area (Å²) in [6.07, 6.45) is 2.60. The maximum atomic E-state index is 12.1. The monoisotopic (exact) mass is 462 g/mol. The highest BCUT2D eigenvalue weighted by atomic mass is 35.5. The molecule has 1 heterocycles. The molecule has 1 N–H and O–H groups in total. The van der Waals surface area contributed by atoms with Gasteiger partial charge >= 0.3 is 0 Å². The first-order chi connectivity index (χ1) is 14.2. The third-order valence-electron chi connectivity index (χ3n) is 4.06. The second-order valence-electron chi connectivity index (χ2n) is 6.55. The lowest BCUT2D eigenvalue weighted by atomic mass is 10.0. The number of ether oxygens (including phenoxy) is 1. The molecule has 0 aliphatic carbocycles. The van der Waals surface area contributed by atoms with Crippen molar-refractivity contribution in [2.45, 2.75) is 16.8 Å². The van der Waals surface area contributed by atoms with E-state index in [2.05, 4.69) is 11.1 Å². The van der Waals surface area contributed by atoms with Crippen LogP contribution in [0.15, 0.2) is 64.6 Å². The number of carbonyl (C=O) groups excluding carboxylic acids is 1. The number of nitrogens with one attached hydrogen (secondary N) is 1. The molecular formula is C21H19ClN2O4S2. The maximum Gasteiger partial charge on any atom is 0.264 e. The van der Waals surface area contributed by atoms with Crippen molar-refractivity contribution in [1.82, 2.24) is 9.71 Å². The molecule has 156 valence electrons. The van der Waals surface area contributed by atoms with E-state index in [4.69, 9.17) is 16.3 Å². The van der Waals surface area contributed by atoms with E-state index in [0.29, 0.717) is 26.9 Å². The van der Waals surface area contributed by atoms with Crippen LogP contribution in [0.2, 0.25) is 5.02 Å². The number of aromatic nitrogens is 1. The summed E-state index contributed by atoms with van der Waals surface area (Å²) < 4.78 is 29.9. The van der Waals surface area contributed by atoms with E-state index in [-0.39, 0.29) is 5.56 Å². The molecule has 0 atom stereocenters. The van der Waals surface area contributed by atoms with Crippen LogP contribution in [0.1, 0.15) is 15.9 Å². The number of halogens is 1. The summed E-state index contributed by atoms with van der Waals surface area (Å²) in [6.45, 7) is 2.02. The Hall–Kier alpha value is -2.55. The molecule has 3 aromatic rings. The summed E-state index contributed by atoms with van der Waals surface area (Å²) >= 11 is 7.93. The van der Waals surface area contributed by atoms with Gasteiger partial charge in [-0.2, -0.15) is 0 Å². The second kappa shape index (κ2) is 9.07. The Balaban J connectivity index is 1.90. The number of amides is 1. The molecule has 0 aliphatic rings. The van der Waals surface area contributed by atoms with E-state index >= 15 is 0 Å². The van der Waals surface area contributed by atoms with Crippen LogP contribution in [0, 0.1) is 6.92 Å². The minimum absolute atomic E-state index is 0.159. The molecule has 2 aromatic carbocycles. The number of aryl methyl sites for hydroxylation is 1. The van der Waals surface area contributed by atoms with Crippen LogP contribution in [0.4, 0.5) is 0 Å². The average molecular weight is 463 g/mol. The van der Waals surface area contributed by atoms with Gasteiger partial charge in [0.15, 0.2) is 0 Å². The summed E-state index contributed by atoms with van der Waals surface area (Å²) in [5.41, 5.74) is 2.69. The Morgan fingerprint density at radius 3 is 2.57 bits per heavy atom. The van der Waals surface area contributed by atoms with Gasteiger partial charge in [0, 0.05) is 27.8 Å². The van der Waals surface area contributed by atoms with E-state index < -0.39 is 15.9 Å². The Labute approximate surface area is 184 Å². The van der Waals surface area contributed by atoms with Crippen molar-refractivity contribution in [3.05, 3.63) is 70.9 Å². The molecule has 0 unspecified atom stereocenters. The van der Waals surface area contributed by atoms with Crippen molar-refractivity contribution >= 4 is 39.3 Å². The van der Waals surface area contributed by atoms with Gasteiger partial charge in [0.1, 0.15) is 10.8 Å². The molecule has 1 amide bonds. The lowest BCUT2D eigenvalue weighted by Crippen LogP contribution is -2.29. The molecule has 0 aliphatic heterocycles. The van der Waals surface area contributed by atoms with Crippen molar-refractivity contribution < 1.29 is 17.9 Å². The molecule has 0 fully saturated rings. The molecule has 3 rings (SSSR count). The molecule has 6 nitrogen and oxygen atoms in total. The fraction of sp³-hybridized carbons (Fsp3) is 0.143. The number of sulfonamides is 1. The standard InChI is InChI=1S/C21H19ClN2O4S2/c1-13-5-4-6-16(9-13)29-21-18(22)10-15(12-23-21)17-8-7-14(11-19(17)28-2)20(25)24-30(3,26)27/h4-12H,1-3H3,(H,24,25). The van der Waals surface area contributed by atoms with Crippen LogP contribution in [0.3, 0.4) is 0 Å². The average Bonchev–Trinajstić information content (AvgIpc) is 2.68. The van der Waals surface area contributed by atoms with Crippen molar-refractivity contribution in [1.29, 1.82) is 0 Å². The Bertz CT molecular complexity index is 1210. The zero-order valence-corrected chi connectivity index (χ0v) is 18.9. The molecule has 0 saturated heterocycles. The SMILES string of the molecule is COc1cc(C(=O)NS(C)(=O)=O)ccc1-c1cnc(Sc2cccc(C)c2)c(Cl)c1. The fourth-order valence-corrected chi connectivity index (χ4v) is 4.35. The summed E-state index contributed by atoms with van der Waals surface area (Å²) in [4.78, 5) is 17.6. The second-order valence-corrected chi connectivity index (χ2v) is 9.77. The highest BCUT2D eigenvalue weighted by Crippen LogP contribution is 2.37. The number of nitrogens with zero attached hydrogens (tertiary/aromatic N) is 1. The third-order valence-corrected chi connectivity index (χ3v) is 6.03. The fourth-order valence-electron chi connectivity index (χ4n) is 2.74. The first-order valence-corrected chi connectivity index (χ1v) is 11.9. The van der Waals surface area contributed by atoms with Gasteiger partial charge < -0.3 is 4.74 Å². The van der Waals surface area contributed by atoms with Crippen LogP contribution in [-0.2, 0) is 10.0 Å². The molecule has 0 bridgehead atoms. The minimum Gasteiger partial charge on any atom is -0.496 e. The van der Waals surface area contributed by atoms with Gasteiger partial charge in [-0.25, -0.2) is 18.1 Å². The van der Waals surface area contributed by atoms with E-state index in [1.807, 2.05) is 29.8 Å². The van der Waals surface area contributed by atoms with Gasteiger partial charge in [0.2, 0.25) is 10.0 Å².